The van der Waals surface area contributed by atoms with Crippen molar-refractivity contribution in [3.63, 3.8) is 0 Å². The number of anilines is 1. The Morgan fingerprint density at radius 2 is 1.79 bits per heavy atom. The molecule has 0 saturated carbocycles. The van der Waals surface area contributed by atoms with Gasteiger partial charge in [-0.25, -0.2) is 8.78 Å². The summed E-state index contributed by atoms with van der Waals surface area (Å²) in [5.41, 5.74) is 1.03. The summed E-state index contributed by atoms with van der Waals surface area (Å²) in [6.07, 6.45) is 0. The van der Waals surface area contributed by atoms with E-state index < -0.39 is 11.9 Å². The van der Waals surface area contributed by atoms with Crippen LogP contribution in [0.15, 0.2) is 42.5 Å². The number of nitrogens with one attached hydrogen (secondary N) is 1. The zero-order valence-corrected chi connectivity index (χ0v) is 10.5. The molecule has 0 aliphatic carbocycles. The zero-order valence-electron chi connectivity index (χ0n) is 9.70. The Morgan fingerprint density at radius 1 is 1.11 bits per heavy atom. The van der Waals surface area contributed by atoms with E-state index in [0.29, 0.717) is 11.3 Å². The Balaban J connectivity index is 2.23. The van der Waals surface area contributed by atoms with Crippen LogP contribution in [-0.2, 0) is 0 Å². The molecule has 2 nitrogen and oxygen atoms in total. The minimum absolute atomic E-state index is 0.00206. The van der Waals surface area contributed by atoms with Crippen LogP contribution in [0.5, 0.6) is 0 Å². The lowest BCUT2D eigenvalue weighted by Crippen LogP contribution is -2.08. The summed E-state index contributed by atoms with van der Waals surface area (Å²) in [4.78, 5) is 0. The number of halogens is 3. The van der Waals surface area contributed by atoms with Gasteiger partial charge in [0.05, 0.1) is 11.1 Å². The number of hydrogen-bond acceptors (Lipinski definition) is 2. The fourth-order valence-corrected chi connectivity index (χ4v) is 1.71. The lowest BCUT2D eigenvalue weighted by Gasteiger charge is -2.13. The fourth-order valence-electron chi connectivity index (χ4n) is 1.59. The Bertz CT molecular complexity index is 620. The highest BCUT2D eigenvalue weighted by Crippen LogP contribution is 2.23. The average Bonchev–Trinajstić information content (AvgIpc) is 2.41. The first kappa shape index (κ1) is 13.3. The van der Waals surface area contributed by atoms with E-state index in [2.05, 4.69) is 5.32 Å². The van der Waals surface area contributed by atoms with Gasteiger partial charge in [-0.2, -0.15) is 5.26 Å². The molecule has 0 aliphatic heterocycles. The van der Waals surface area contributed by atoms with Gasteiger partial charge in [0, 0.05) is 5.69 Å². The third kappa shape index (κ3) is 3.21. The molecule has 1 unspecified atom stereocenters. The first-order chi connectivity index (χ1) is 9.10. The van der Waals surface area contributed by atoms with Crippen LogP contribution in [0, 0.1) is 23.0 Å². The summed E-state index contributed by atoms with van der Waals surface area (Å²) in [5, 5.41) is 12.0. The van der Waals surface area contributed by atoms with Crippen molar-refractivity contribution < 1.29 is 8.78 Å². The molecule has 1 atom stereocenters. The second-order valence-electron chi connectivity index (χ2n) is 3.89. The van der Waals surface area contributed by atoms with Crippen molar-refractivity contribution in [3.8, 4) is 6.07 Å². The van der Waals surface area contributed by atoms with Gasteiger partial charge < -0.3 is 5.32 Å². The van der Waals surface area contributed by atoms with Gasteiger partial charge in [0.2, 0.25) is 0 Å². The van der Waals surface area contributed by atoms with E-state index in [1.807, 2.05) is 6.07 Å². The predicted octanol–water partition coefficient (Wildman–Crippen LogP) is 4.29. The smallest absolute Gasteiger partial charge is 0.142 e. The molecule has 2 rings (SSSR count). The third-order valence-electron chi connectivity index (χ3n) is 2.56. The monoisotopic (exact) mass is 278 g/mol. The Hall–Kier alpha value is -2.12. The van der Waals surface area contributed by atoms with Gasteiger partial charge in [0.15, 0.2) is 0 Å². The van der Waals surface area contributed by atoms with E-state index in [9.17, 15) is 8.78 Å². The summed E-state index contributed by atoms with van der Waals surface area (Å²) in [6.45, 7) is 0. The van der Waals surface area contributed by atoms with Crippen LogP contribution < -0.4 is 5.32 Å². The van der Waals surface area contributed by atoms with Gasteiger partial charge in [-0.15, -0.1) is 0 Å². The lowest BCUT2D eigenvalue weighted by molar-refractivity contribution is 0.625. The Morgan fingerprint density at radius 3 is 2.37 bits per heavy atom. The largest absolute Gasteiger partial charge is 0.366 e. The average molecular weight is 279 g/mol. The molecule has 0 spiro atoms. The van der Waals surface area contributed by atoms with Crippen LogP contribution in [0.1, 0.15) is 11.6 Å². The number of rotatable bonds is 3. The fraction of sp³-hybridized carbons (Fsp3) is 0.0714. The maximum atomic E-state index is 13.3. The van der Waals surface area contributed by atoms with Crippen molar-refractivity contribution in [1.82, 2.24) is 0 Å². The Labute approximate surface area is 114 Å². The van der Waals surface area contributed by atoms with Crippen molar-refractivity contribution in [1.29, 1.82) is 5.26 Å². The van der Waals surface area contributed by atoms with Crippen LogP contribution >= 0.6 is 11.6 Å². The zero-order chi connectivity index (χ0) is 13.8. The van der Waals surface area contributed by atoms with Crippen molar-refractivity contribution in [2.75, 3.05) is 5.32 Å². The normalized spacial score (nSPS) is 11.7. The molecule has 0 aromatic heterocycles. The van der Waals surface area contributed by atoms with Gasteiger partial charge in [-0.1, -0.05) is 17.7 Å². The molecule has 19 heavy (non-hydrogen) atoms. The minimum atomic E-state index is -0.739. The van der Waals surface area contributed by atoms with E-state index in [0.717, 1.165) is 0 Å². The molecule has 0 fully saturated rings. The highest BCUT2D eigenvalue weighted by Gasteiger charge is 2.12. The number of nitrogens with zero attached hydrogens (tertiary/aromatic N) is 1. The van der Waals surface area contributed by atoms with Crippen LogP contribution in [0.25, 0.3) is 0 Å². The molecule has 0 amide bonds. The lowest BCUT2D eigenvalue weighted by atomic mass is 10.1. The predicted molar refractivity (Wildman–Crippen MR) is 69.8 cm³/mol. The first-order valence-corrected chi connectivity index (χ1v) is 5.84. The van der Waals surface area contributed by atoms with E-state index in [1.54, 1.807) is 6.07 Å². The summed E-state index contributed by atoms with van der Waals surface area (Å²) >= 11 is 5.59. The van der Waals surface area contributed by atoms with Crippen LogP contribution in [0.2, 0.25) is 5.02 Å². The second-order valence-corrected chi connectivity index (χ2v) is 4.29. The van der Waals surface area contributed by atoms with E-state index >= 15 is 0 Å². The maximum Gasteiger partial charge on any atom is 0.142 e. The highest BCUT2D eigenvalue weighted by atomic mass is 35.5. The molecule has 0 saturated heterocycles. The van der Waals surface area contributed by atoms with Gasteiger partial charge in [-0.3, -0.25) is 0 Å². The Kier molecular flexibility index (Phi) is 3.98. The molecule has 0 aliphatic rings. The highest BCUT2D eigenvalue weighted by molar-refractivity contribution is 6.30. The van der Waals surface area contributed by atoms with E-state index in [-0.39, 0.29) is 10.8 Å². The van der Waals surface area contributed by atoms with Gasteiger partial charge in [0.1, 0.15) is 17.7 Å². The molecule has 5 heteroatoms. The van der Waals surface area contributed by atoms with Crippen molar-refractivity contribution in [2.45, 2.75) is 6.04 Å². The molecule has 0 bridgehead atoms. The summed E-state index contributed by atoms with van der Waals surface area (Å²) < 4.78 is 26.1. The summed E-state index contributed by atoms with van der Waals surface area (Å²) in [6, 6.07) is 11.0. The summed E-state index contributed by atoms with van der Waals surface area (Å²) in [7, 11) is 0. The topological polar surface area (TPSA) is 35.8 Å². The summed E-state index contributed by atoms with van der Waals surface area (Å²) in [5.74, 6) is -0.947. The number of nitriles is 1. The molecule has 2 aromatic carbocycles. The number of benzene rings is 2. The SMILES string of the molecule is N#CC(Nc1ccc(F)cc1)c1ccc(Cl)c(F)c1. The van der Waals surface area contributed by atoms with Crippen LogP contribution in [0.3, 0.4) is 0 Å². The van der Waals surface area contributed by atoms with Gasteiger partial charge in [0.25, 0.3) is 0 Å². The van der Waals surface area contributed by atoms with Crippen LogP contribution in [0.4, 0.5) is 14.5 Å². The van der Waals surface area contributed by atoms with Crippen molar-refractivity contribution >= 4 is 17.3 Å². The van der Waals surface area contributed by atoms with Crippen LogP contribution in [-0.4, -0.2) is 0 Å². The van der Waals surface area contributed by atoms with Crippen molar-refractivity contribution in [2.24, 2.45) is 0 Å². The van der Waals surface area contributed by atoms with Gasteiger partial charge >= 0.3 is 0 Å². The molecule has 1 N–H and O–H groups in total. The third-order valence-corrected chi connectivity index (χ3v) is 2.87. The molecular weight excluding hydrogens is 270 g/mol. The first-order valence-electron chi connectivity index (χ1n) is 5.47. The maximum absolute atomic E-state index is 13.3. The van der Waals surface area contributed by atoms with Gasteiger partial charge in [-0.05, 0) is 42.0 Å². The van der Waals surface area contributed by atoms with Crippen molar-refractivity contribution in [3.05, 3.63) is 64.7 Å². The minimum Gasteiger partial charge on any atom is -0.366 e. The number of hydrogen-bond donors (Lipinski definition) is 1. The molecular formula is C14H9ClF2N2. The standard InChI is InChI=1S/C14H9ClF2N2/c15-12-6-1-9(7-13(12)17)14(8-18)19-11-4-2-10(16)3-5-11/h1-7,14,19H. The molecule has 2 aromatic rings. The quantitative estimate of drug-likeness (QED) is 0.909. The van der Waals surface area contributed by atoms with E-state index in [4.69, 9.17) is 16.9 Å². The molecule has 0 radical (unpaired) electrons. The second kappa shape index (κ2) is 5.68. The molecule has 96 valence electrons. The van der Waals surface area contributed by atoms with E-state index in [1.165, 1.54) is 36.4 Å². The molecule has 0 heterocycles.